The maximum atomic E-state index is 12.5. The Bertz CT molecular complexity index is 887. The Balaban J connectivity index is 3.39. The van der Waals surface area contributed by atoms with Crippen molar-refractivity contribution in [3.05, 3.63) is 18.2 Å². The van der Waals surface area contributed by atoms with Crippen LogP contribution in [0.2, 0.25) is 0 Å². The quantitative estimate of drug-likeness (QED) is 0.353. The summed E-state index contributed by atoms with van der Waals surface area (Å²) in [7, 11) is -1.66. The van der Waals surface area contributed by atoms with E-state index >= 15 is 0 Å². The number of alkyl carbamates (subject to hydrolysis) is 1. The summed E-state index contributed by atoms with van der Waals surface area (Å²) in [5, 5.41) is 15.5. The van der Waals surface area contributed by atoms with Gasteiger partial charge in [0.05, 0.1) is 29.3 Å². The third-order valence-electron chi connectivity index (χ3n) is 3.19. The van der Waals surface area contributed by atoms with Crippen molar-refractivity contribution in [2.24, 2.45) is 10.9 Å². The number of guanidine groups is 1. The molecule has 11 nitrogen and oxygen atoms in total. The van der Waals surface area contributed by atoms with Gasteiger partial charge in [0.15, 0.2) is 0 Å². The van der Waals surface area contributed by atoms with Gasteiger partial charge in [-0.05, 0) is 24.1 Å². The van der Waals surface area contributed by atoms with Crippen LogP contribution in [0.4, 0.5) is 21.0 Å². The van der Waals surface area contributed by atoms with Crippen LogP contribution in [0, 0.1) is 5.92 Å². The summed E-state index contributed by atoms with van der Waals surface area (Å²) in [6, 6.07) is 4.36. The maximum Gasteiger partial charge on any atom is 0.413 e. The molecular formula is C17H24N4O7S2. The molecule has 2 unspecified atom stereocenters. The van der Waals surface area contributed by atoms with Crippen molar-refractivity contribution in [2.75, 3.05) is 30.2 Å². The summed E-state index contributed by atoms with van der Waals surface area (Å²) in [5.41, 5.74) is 0.173. The van der Waals surface area contributed by atoms with E-state index in [2.05, 4.69) is 20.4 Å². The van der Waals surface area contributed by atoms with Gasteiger partial charge in [0.1, 0.15) is 5.75 Å². The first-order chi connectivity index (χ1) is 14.0. The summed E-state index contributed by atoms with van der Waals surface area (Å²) >= 11 is 0. The molecule has 1 rings (SSSR count). The lowest BCUT2D eigenvalue weighted by atomic mass is 10.2. The van der Waals surface area contributed by atoms with Crippen molar-refractivity contribution in [1.29, 1.82) is 0 Å². The summed E-state index contributed by atoms with van der Waals surface area (Å²) in [4.78, 5) is 38.9. The molecule has 0 aromatic heterocycles. The number of benzene rings is 1. The molecule has 1 aromatic carbocycles. The number of aliphatic imine (C=N–C) groups is 1. The van der Waals surface area contributed by atoms with Gasteiger partial charge in [-0.25, -0.2) is 14.6 Å². The average Bonchev–Trinajstić information content (AvgIpc) is 2.60. The lowest BCUT2D eigenvalue weighted by Gasteiger charge is -2.13. The highest BCUT2D eigenvalue weighted by Crippen LogP contribution is 2.28. The second-order valence-electron chi connectivity index (χ2n) is 6.36. The van der Waals surface area contributed by atoms with Crippen LogP contribution < -0.4 is 16.0 Å². The van der Waals surface area contributed by atoms with Gasteiger partial charge in [0, 0.05) is 27.7 Å². The van der Waals surface area contributed by atoms with Crippen LogP contribution in [0.5, 0.6) is 0 Å². The molecule has 0 heterocycles. The molecule has 30 heavy (non-hydrogen) atoms. The second kappa shape index (κ2) is 12.0. The number of hydrogen-bond acceptors (Lipinski definition) is 7. The Labute approximate surface area is 178 Å². The molecule has 0 saturated carbocycles. The number of carbonyl (C=O) groups is 3. The number of ether oxygens (including phenoxy) is 1. The Morgan fingerprint density at radius 3 is 2.40 bits per heavy atom. The molecule has 0 saturated heterocycles. The van der Waals surface area contributed by atoms with E-state index in [9.17, 15) is 22.8 Å². The number of carboxylic acid groups (broad SMARTS) is 1. The minimum Gasteiger partial charge on any atom is -0.465 e. The van der Waals surface area contributed by atoms with Crippen molar-refractivity contribution in [3.8, 4) is 0 Å². The van der Waals surface area contributed by atoms with Gasteiger partial charge in [0.25, 0.3) is 0 Å². The van der Waals surface area contributed by atoms with Crippen molar-refractivity contribution in [3.63, 3.8) is 0 Å². The van der Waals surface area contributed by atoms with Crippen molar-refractivity contribution in [1.82, 2.24) is 10.6 Å². The Morgan fingerprint density at radius 1 is 1.20 bits per heavy atom. The standard InChI is InChI=1S/C17H24N4O7S2/c1-10(2)8-30(27)11-5-6-12(13(7-11)18-14(22)9-29(4)26)19-15(20-16(23)24)21-17(25)28-3/h5-7,10H,8-9H2,1-4H3,(H,18,22)(H,23,24)(H2,19,20,21,25). The van der Waals surface area contributed by atoms with E-state index in [4.69, 9.17) is 5.11 Å². The van der Waals surface area contributed by atoms with Crippen LogP contribution in [0.3, 0.4) is 0 Å². The van der Waals surface area contributed by atoms with E-state index in [0.29, 0.717) is 10.6 Å². The molecule has 13 heteroatoms. The van der Waals surface area contributed by atoms with Crippen LogP contribution in [-0.2, 0) is 31.1 Å². The number of nitrogens with one attached hydrogen (secondary N) is 3. The zero-order valence-corrected chi connectivity index (χ0v) is 18.5. The predicted octanol–water partition coefficient (Wildman–Crippen LogP) is 1.38. The van der Waals surface area contributed by atoms with E-state index in [1.807, 2.05) is 19.2 Å². The summed E-state index contributed by atoms with van der Waals surface area (Å²) in [5.74, 6) is -0.763. The molecular weight excluding hydrogens is 436 g/mol. The molecule has 0 spiro atoms. The van der Waals surface area contributed by atoms with Crippen molar-refractivity contribution >= 4 is 57.0 Å². The number of carbonyl (C=O) groups excluding carboxylic acids is 2. The third-order valence-corrected chi connectivity index (χ3v) is 5.61. The second-order valence-corrected chi connectivity index (χ2v) is 9.29. The maximum absolute atomic E-state index is 12.5. The van der Waals surface area contributed by atoms with Gasteiger partial charge in [-0.3, -0.25) is 23.8 Å². The molecule has 0 bridgehead atoms. The average molecular weight is 461 g/mol. The number of methoxy groups -OCH3 is 1. The van der Waals surface area contributed by atoms with Gasteiger partial charge < -0.3 is 15.2 Å². The van der Waals surface area contributed by atoms with E-state index < -0.39 is 45.7 Å². The molecule has 0 aliphatic carbocycles. The highest BCUT2D eigenvalue weighted by atomic mass is 32.2. The van der Waals surface area contributed by atoms with E-state index in [0.717, 1.165) is 7.11 Å². The lowest BCUT2D eigenvalue weighted by Crippen LogP contribution is -2.43. The first-order valence-electron chi connectivity index (χ1n) is 8.57. The fraction of sp³-hybridized carbons (Fsp3) is 0.412. The molecule has 0 radical (unpaired) electrons. The van der Waals surface area contributed by atoms with E-state index in [-0.39, 0.29) is 23.0 Å². The zero-order valence-electron chi connectivity index (χ0n) is 16.9. The van der Waals surface area contributed by atoms with E-state index in [1.54, 1.807) is 0 Å². The van der Waals surface area contributed by atoms with Crippen LogP contribution in [0.1, 0.15) is 13.8 Å². The van der Waals surface area contributed by atoms with Gasteiger partial charge >= 0.3 is 12.2 Å². The van der Waals surface area contributed by atoms with Crippen LogP contribution in [-0.4, -0.2) is 62.4 Å². The number of nitrogens with zero attached hydrogens (tertiary/aromatic N) is 1. The third kappa shape index (κ3) is 9.13. The summed E-state index contributed by atoms with van der Waals surface area (Å²) in [6.07, 6.45) is -1.10. The molecule has 4 N–H and O–H groups in total. The molecule has 1 aromatic rings. The van der Waals surface area contributed by atoms with Gasteiger partial charge in [-0.1, -0.05) is 13.8 Å². The molecule has 3 amide bonds. The number of anilines is 1. The number of rotatable bonds is 7. The zero-order chi connectivity index (χ0) is 22.8. The highest BCUT2D eigenvalue weighted by molar-refractivity contribution is 7.85. The Hall–Kier alpha value is -2.80. The predicted molar refractivity (Wildman–Crippen MR) is 114 cm³/mol. The van der Waals surface area contributed by atoms with Gasteiger partial charge in [-0.2, -0.15) is 0 Å². The Morgan fingerprint density at radius 2 is 1.87 bits per heavy atom. The normalized spacial score (nSPS) is 13.3. The van der Waals surface area contributed by atoms with Gasteiger partial charge in [-0.15, -0.1) is 0 Å². The van der Waals surface area contributed by atoms with Crippen molar-refractivity contribution < 1.29 is 32.6 Å². The molecule has 0 aliphatic heterocycles. The SMILES string of the molecule is COC(=O)NC(=Nc1ccc(S(=O)CC(C)C)cc1NC(=O)CS(C)=O)NC(=O)O. The number of hydrogen-bond donors (Lipinski definition) is 4. The molecule has 166 valence electrons. The first kappa shape index (κ1) is 25.2. The molecule has 2 atom stereocenters. The van der Waals surface area contributed by atoms with Crippen LogP contribution in [0.15, 0.2) is 28.1 Å². The number of amides is 3. The van der Waals surface area contributed by atoms with E-state index in [1.165, 1.54) is 24.5 Å². The summed E-state index contributed by atoms with van der Waals surface area (Å²) in [6.45, 7) is 3.83. The monoisotopic (exact) mass is 460 g/mol. The Kier molecular flexibility index (Phi) is 10.1. The fourth-order valence-electron chi connectivity index (χ4n) is 2.08. The van der Waals surface area contributed by atoms with Crippen LogP contribution >= 0.6 is 0 Å². The molecule has 0 aliphatic rings. The first-order valence-corrected chi connectivity index (χ1v) is 11.6. The van der Waals surface area contributed by atoms with Crippen LogP contribution in [0.25, 0.3) is 0 Å². The van der Waals surface area contributed by atoms with Crippen molar-refractivity contribution in [2.45, 2.75) is 18.7 Å². The topological polar surface area (TPSA) is 163 Å². The summed E-state index contributed by atoms with van der Waals surface area (Å²) < 4.78 is 28.2. The van der Waals surface area contributed by atoms with Gasteiger partial charge in [0.2, 0.25) is 11.9 Å². The largest absolute Gasteiger partial charge is 0.465 e. The molecule has 0 fully saturated rings. The fourth-order valence-corrected chi connectivity index (χ4v) is 3.79. The minimum atomic E-state index is -1.49. The minimum absolute atomic E-state index is 0.0654. The lowest BCUT2D eigenvalue weighted by molar-refractivity contribution is -0.113. The highest BCUT2D eigenvalue weighted by Gasteiger charge is 2.15. The smallest absolute Gasteiger partial charge is 0.413 e.